The van der Waals surface area contributed by atoms with E-state index in [9.17, 15) is 13.2 Å². The number of carbonyl (C=O) groups is 1. The molecule has 4 heterocycles. The van der Waals surface area contributed by atoms with Crippen molar-refractivity contribution in [3.05, 3.63) is 64.9 Å². The molecule has 2 N–H and O–H groups in total. The van der Waals surface area contributed by atoms with Crippen molar-refractivity contribution in [2.24, 2.45) is 0 Å². The van der Waals surface area contributed by atoms with E-state index in [0.29, 0.717) is 5.69 Å². The van der Waals surface area contributed by atoms with Crippen molar-refractivity contribution < 1.29 is 22.1 Å². The quantitative estimate of drug-likeness (QED) is 0.240. The molecule has 0 saturated carbocycles. The first-order valence-corrected chi connectivity index (χ1v) is 12.7. The molecule has 1 aromatic carbocycles. The number of hydrogen-bond acceptors (Lipinski definition) is 10. The van der Waals surface area contributed by atoms with Gasteiger partial charge in [-0.15, -0.1) is 5.10 Å². The van der Waals surface area contributed by atoms with Crippen LogP contribution in [0.15, 0.2) is 53.6 Å². The van der Waals surface area contributed by atoms with Crippen LogP contribution in [0.2, 0.25) is 5.02 Å². The molecule has 0 unspecified atom stereocenters. The maximum atomic E-state index is 12.7. The van der Waals surface area contributed by atoms with Crippen LogP contribution in [0.1, 0.15) is 16.1 Å². The molecule has 0 radical (unpaired) electrons. The van der Waals surface area contributed by atoms with Gasteiger partial charge in [-0.2, -0.15) is 17.9 Å². The lowest BCUT2D eigenvalue weighted by molar-refractivity contribution is 0.0588. The van der Waals surface area contributed by atoms with Gasteiger partial charge in [-0.3, -0.25) is 9.17 Å². The summed E-state index contributed by atoms with van der Waals surface area (Å²) >= 11 is 6.64. The number of nitrogens with zero attached hydrogens (tertiary/aromatic N) is 6. The van der Waals surface area contributed by atoms with Gasteiger partial charge in [0.2, 0.25) is 11.8 Å². The lowest BCUT2D eigenvalue weighted by Gasteiger charge is -2.10. The van der Waals surface area contributed by atoms with Gasteiger partial charge in [0.05, 0.1) is 29.0 Å². The zero-order valence-corrected chi connectivity index (χ0v) is 21.2. The Hall–Kier alpha value is -4.07. The molecular weight excluding hydrogens is 522 g/mol. The summed E-state index contributed by atoms with van der Waals surface area (Å²) in [5.41, 5.74) is 7.94. The van der Waals surface area contributed by atoms with Gasteiger partial charge in [-0.1, -0.05) is 35.4 Å². The summed E-state index contributed by atoms with van der Waals surface area (Å²) in [7, 11) is -2.84. The third-order valence-electron chi connectivity index (χ3n) is 5.58. The van der Waals surface area contributed by atoms with E-state index in [2.05, 4.69) is 20.1 Å². The van der Waals surface area contributed by atoms with Gasteiger partial charge < -0.3 is 15.0 Å². The average Bonchev–Trinajstić information content (AvgIpc) is 3.44. The number of methoxy groups -OCH3 is 1. The summed E-state index contributed by atoms with van der Waals surface area (Å²) < 4.78 is 38.1. The van der Waals surface area contributed by atoms with Crippen molar-refractivity contribution in [1.82, 2.24) is 29.1 Å². The van der Waals surface area contributed by atoms with Crippen LogP contribution < -0.4 is 5.73 Å². The standard InChI is InChI=1S/C23H20ClN7O5S/c1-13-6-8-14(9-7-13)37(33,34)36-12-11-30-18(22(32)35-2)17(24)16-20(30)28-23(25)31-21(16)27-19(29-31)15-5-3-4-10-26-15/h3-10H,11-12H2,1-2H3,(H2,25,28). The number of fused-ring (bicyclic) bond motifs is 3. The zero-order valence-electron chi connectivity index (χ0n) is 19.6. The molecule has 5 rings (SSSR count). The van der Waals surface area contributed by atoms with Gasteiger partial charge >= 0.3 is 5.97 Å². The molecule has 0 amide bonds. The molecule has 14 heteroatoms. The van der Waals surface area contributed by atoms with Crippen molar-refractivity contribution >= 4 is 50.3 Å². The fraction of sp³-hybridized carbons (Fsp3) is 0.174. The van der Waals surface area contributed by atoms with Crippen LogP contribution in [-0.2, 0) is 25.6 Å². The van der Waals surface area contributed by atoms with E-state index < -0.39 is 16.1 Å². The highest BCUT2D eigenvalue weighted by Gasteiger charge is 2.28. The Morgan fingerprint density at radius 1 is 1.11 bits per heavy atom. The van der Waals surface area contributed by atoms with E-state index in [1.54, 1.807) is 36.5 Å². The van der Waals surface area contributed by atoms with Crippen LogP contribution in [-0.4, -0.2) is 57.2 Å². The maximum Gasteiger partial charge on any atom is 0.356 e. The SMILES string of the molecule is COC(=O)c1c(Cl)c2c(nc(N)n3nc(-c4ccccn4)nc23)n1CCOS(=O)(=O)c1ccc(C)cc1. The summed E-state index contributed by atoms with van der Waals surface area (Å²) in [6, 6.07) is 11.5. The first kappa shape index (κ1) is 24.6. The number of esters is 1. The summed E-state index contributed by atoms with van der Waals surface area (Å²) in [6.45, 7) is 1.42. The second kappa shape index (κ2) is 9.42. The summed E-state index contributed by atoms with van der Waals surface area (Å²) in [5, 5.41) is 4.66. The van der Waals surface area contributed by atoms with Crippen molar-refractivity contribution in [1.29, 1.82) is 0 Å². The smallest absolute Gasteiger partial charge is 0.356 e. The molecule has 0 aliphatic carbocycles. The molecular formula is C23H20ClN7O5S. The largest absolute Gasteiger partial charge is 0.464 e. The molecule has 0 bridgehead atoms. The topological polar surface area (TPSA) is 157 Å². The third kappa shape index (κ3) is 4.37. The molecule has 12 nitrogen and oxygen atoms in total. The average molecular weight is 542 g/mol. The highest BCUT2D eigenvalue weighted by molar-refractivity contribution is 7.86. The first-order valence-electron chi connectivity index (χ1n) is 10.9. The number of pyridine rings is 1. The second-order valence-corrected chi connectivity index (χ2v) is 9.94. The Morgan fingerprint density at radius 2 is 1.86 bits per heavy atom. The predicted octanol–water partition coefficient (Wildman–Crippen LogP) is 2.88. The van der Waals surface area contributed by atoms with Gasteiger partial charge in [-0.25, -0.2) is 9.78 Å². The number of anilines is 1. The highest BCUT2D eigenvalue weighted by Crippen LogP contribution is 2.34. The lowest BCUT2D eigenvalue weighted by Crippen LogP contribution is -2.17. The zero-order chi connectivity index (χ0) is 26.3. The molecule has 37 heavy (non-hydrogen) atoms. The van der Waals surface area contributed by atoms with Gasteiger partial charge in [0, 0.05) is 12.7 Å². The van der Waals surface area contributed by atoms with E-state index in [4.69, 9.17) is 26.3 Å². The number of aryl methyl sites for hydroxylation is 1. The Labute approximate surface area is 215 Å². The number of benzene rings is 1. The van der Waals surface area contributed by atoms with Crippen molar-refractivity contribution in [3.63, 3.8) is 0 Å². The predicted molar refractivity (Wildman–Crippen MR) is 135 cm³/mol. The Balaban J connectivity index is 1.58. The Bertz CT molecular complexity index is 1750. The maximum absolute atomic E-state index is 12.7. The van der Waals surface area contributed by atoms with Gasteiger partial charge in [0.1, 0.15) is 17.0 Å². The molecule has 0 aliphatic heterocycles. The van der Waals surface area contributed by atoms with E-state index in [1.807, 2.05) is 6.92 Å². The first-order chi connectivity index (χ1) is 17.7. The van der Waals surface area contributed by atoms with Crippen molar-refractivity contribution in [2.75, 3.05) is 19.5 Å². The number of halogens is 1. The Kier molecular flexibility index (Phi) is 6.27. The summed E-state index contributed by atoms with van der Waals surface area (Å²) in [6.07, 6.45) is 1.60. The molecule has 0 fully saturated rings. The highest BCUT2D eigenvalue weighted by atomic mass is 35.5. The van der Waals surface area contributed by atoms with E-state index in [-0.39, 0.29) is 57.2 Å². The monoisotopic (exact) mass is 541 g/mol. The summed E-state index contributed by atoms with van der Waals surface area (Å²) in [4.78, 5) is 25.9. The van der Waals surface area contributed by atoms with E-state index in [1.165, 1.54) is 28.3 Å². The molecule has 5 aromatic rings. The van der Waals surface area contributed by atoms with Gasteiger partial charge in [0.25, 0.3) is 10.1 Å². The van der Waals surface area contributed by atoms with Crippen LogP contribution in [0.25, 0.3) is 28.2 Å². The molecule has 0 saturated heterocycles. The molecule has 0 aliphatic rings. The Morgan fingerprint density at radius 3 is 2.54 bits per heavy atom. The number of nitrogens with two attached hydrogens (primary N) is 1. The molecule has 4 aromatic heterocycles. The summed E-state index contributed by atoms with van der Waals surface area (Å²) in [5.74, 6) is -0.514. The normalized spacial score (nSPS) is 11.9. The number of nitrogen functional groups attached to an aromatic ring is 1. The van der Waals surface area contributed by atoms with E-state index in [0.717, 1.165) is 5.56 Å². The lowest BCUT2D eigenvalue weighted by atomic mass is 10.2. The number of carbonyl (C=O) groups excluding carboxylic acids is 1. The molecule has 190 valence electrons. The van der Waals surface area contributed by atoms with Crippen molar-refractivity contribution in [2.45, 2.75) is 18.4 Å². The second-order valence-electron chi connectivity index (χ2n) is 7.95. The van der Waals surface area contributed by atoms with Gasteiger partial charge in [0.15, 0.2) is 5.65 Å². The molecule has 0 spiro atoms. The van der Waals surface area contributed by atoms with Crippen LogP contribution in [0, 0.1) is 6.92 Å². The minimum Gasteiger partial charge on any atom is -0.464 e. The minimum atomic E-state index is -4.04. The molecule has 0 atom stereocenters. The van der Waals surface area contributed by atoms with Crippen LogP contribution in [0.4, 0.5) is 5.95 Å². The fourth-order valence-corrected chi connectivity index (χ4v) is 5.06. The number of hydrogen-bond donors (Lipinski definition) is 1. The van der Waals surface area contributed by atoms with E-state index >= 15 is 0 Å². The minimum absolute atomic E-state index is 0.000660. The van der Waals surface area contributed by atoms with Crippen LogP contribution in [0.3, 0.4) is 0 Å². The fourth-order valence-electron chi connectivity index (χ4n) is 3.81. The number of aromatic nitrogens is 6. The van der Waals surface area contributed by atoms with Crippen LogP contribution in [0.5, 0.6) is 0 Å². The van der Waals surface area contributed by atoms with Crippen LogP contribution >= 0.6 is 11.6 Å². The van der Waals surface area contributed by atoms with Crippen molar-refractivity contribution in [3.8, 4) is 11.5 Å². The third-order valence-corrected chi connectivity index (χ3v) is 7.28. The van der Waals surface area contributed by atoms with Gasteiger partial charge in [-0.05, 0) is 31.2 Å². The number of ether oxygens (including phenoxy) is 1. The number of rotatable bonds is 7.